The number of carbonyl (C=O) groups excluding carboxylic acids is 4. The van der Waals surface area contributed by atoms with E-state index in [1.54, 1.807) is 72.8 Å². The van der Waals surface area contributed by atoms with Gasteiger partial charge in [0.1, 0.15) is 0 Å². The van der Waals surface area contributed by atoms with Crippen molar-refractivity contribution in [1.29, 1.82) is 0 Å². The molecule has 8 heteroatoms. The van der Waals surface area contributed by atoms with Crippen LogP contribution >= 0.6 is 0 Å². The standard InChI is InChI=1S/C28H25N3O5/c32-25(30-24-10-4-3-9-23(24)26(33)29-16-20-6-5-15-36-20)19-13-11-18(12-14-19)17-31-27(34)21-7-1-2-8-22(21)28(31)35/h1-4,7-14,20H,5-6,15-17H2,(H,29,33)(H,30,32). The summed E-state index contributed by atoms with van der Waals surface area (Å²) >= 11 is 0. The fourth-order valence-corrected chi connectivity index (χ4v) is 4.42. The van der Waals surface area contributed by atoms with E-state index in [2.05, 4.69) is 10.6 Å². The van der Waals surface area contributed by atoms with E-state index in [9.17, 15) is 19.2 Å². The number of hydrogen-bond donors (Lipinski definition) is 2. The van der Waals surface area contributed by atoms with Crippen LogP contribution in [0.5, 0.6) is 0 Å². The molecule has 2 aliphatic heterocycles. The number of nitrogens with one attached hydrogen (secondary N) is 2. The zero-order chi connectivity index (χ0) is 25.1. The average molecular weight is 484 g/mol. The number of nitrogens with zero attached hydrogens (tertiary/aromatic N) is 1. The largest absolute Gasteiger partial charge is 0.376 e. The van der Waals surface area contributed by atoms with Crippen molar-refractivity contribution >= 4 is 29.3 Å². The highest BCUT2D eigenvalue weighted by molar-refractivity contribution is 6.21. The number of carbonyl (C=O) groups is 4. The van der Waals surface area contributed by atoms with Gasteiger partial charge in [-0.05, 0) is 54.8 Å². The molecule has 3 aromatic rings. The van der Waals surface area contributed by atoms with Crippen LogP contribution in [-0.4, -0.2) is 47.8 Å². The summed E-state index contributed by atoms with van der Waals surface area (Å²) in [5.41, 5.74) is 2.67. The van der Waals surface area contributed by atoms with Gasteiger partial charge in [0.2, 0.25) is 0 Å². The number of benzene rings is 3. The topological polar surface area (TPSA) is 105 Å². The lowest BCUT2D eigenvalue weighted by Crippen LogP contribution is -2.32. The Labute approximate surface area is 208 Å². The van der Waals surface area contributed by atoms with Crippen molar-refractivity contribution in [2.75, 3.05) is 18.5 Å². The first-order valence-electron chi connectivity index (χ1n) is 11.9. The summed E-state index contributed by atoms with van der Waals surface area (Å²) in [7, 11) is 0. The Morgan fingerprint density at radius 1 is 0.861 bits per heavy atom. The molecular formula is C28H25N3O5. The van der Waals surface area contributed by atoms with E-state index >= 15 is 0 Å². The summed E-state index contributed by atoms with van der Waals surface area (Å²) in [6.45, 7) is 1.25. The lowest BCUT2D eigenvalue weighted by molar-refractivity contribution is 0.0641. The first kappa shape index (κ1) is 23.4. The van der Waals surface area contributed by atoms with Gasteiger partial charge in [0.25, 0.3) is 23.6 Å². The van der Waals surface area contributed by atoms with E-state index in [1.165, 1.54) is 4.90 Å². The molecule has 2 aliphatic rings. The first-order valence-corrected chi connectivity index (χ1v) is 11.9. The Morgan fingerprint density at radius 3 is 2.19 bits per heavy atom. The second-order valence-corrected chi connectivity index (χ2v) is 8.78. The molecule has 0 radical (unpaired) electrons. The van der Waals surface area contributed by atoms with Crippen molar-refractivity contribution < 1.29 is 23.9 Å². The summed E-state index contributed by atoms with van der Waals surface area (Å²) < 4.78 is 5.55. The predicted octanol–water partition coefficient (Wildman–Crippen LogP) is 3.64. The van der Waals surface area contributed by atoms with Crippen molar-refractivity contribution in [1.82, 2.24) is 10.2 Å². The lowest BCUT2D eigenvalue weighted by atomic mass is 10.1. The van der Waals surface area contributed by atoms with Crippen LogP contribution in [0.25, 0.3) is 0 Å². The Bertz CT molecular complexity index is 1290. The minimum absolute atomic E-state index is 0.0227. The van der Waals surface area contributed by atoms with Crippen molar-refractivity contribution in [3.05, 3.63) is 101 Å². The molecule has 2 heterocycles. The fraction of sp³-hybridized carbons (Fsp3) is 0.214. The molecule has 3 aromatic carbocycles. The number of imide groups is 1. The highest BCUT2D eigenvalue weighted by Crippen LogP contribution is 2.24. The number of anilines is 1. The monoisotopic (exact) mass is 483 g/mol. The van der Waals surface area contributed by atoms with Crippen LogP contribution in [0.15, 0.2) is 72.8 Å². The molecule has 36 heavy (non-hydrogen) atoms. The minimum Gasteiger partial charge on any atom is -0.376 e. The molecule has 0 aliphatic carbocycles. The van der Waals surface area contributed by atoms with Crippen LogP contribution in [0.2, 0.25) is 0 Å². The molecule has 4 amide bonds. The van der Waals surface area contributed by atoms with E-state index < -0.39 is 0 Å². The molecule has 8 nitrogen and oxygen atoms in total. The molecule has 0 bridgehead atoms. The summed E-state index contributed by atoms with van der Waals surface area (Å²) in [5, 5.41) is 5.68. The first-order chi connectivity index (χ1) is 17.5. The van der Waals surface area contributed by atoms with E-state index in [1.807, 2.05) is 0 Å². The van der Waals surface area contributed by atoms with Gasteiger partial charge in [-0.3, -0.25) is 24.1 Å². The molecule has 0 saturated carbocycles. The quantitative estimate of drug-likeness (QED) is 0.499. The van der Waals surface area contributed by atoms with Crippen LogP contribution in [0, 0.1) is 0 Å². The Kier molecular flexibility index (Phi) is 6.60. The van der Waals surface area contributed by atoms with Crippen molar-refractivity contribution in [3.8, 4) is 0 Å². The maximum atomic E-state index is 12.9. The third-order valence-electron chi connectivity index (χ3n) is 6.37. The predicted molar refractivity (Wildman–Crippen MR) is 133 cm³/mol. The Hall–Kier alpha value is -4.30. The van der Waals surface area contributed by atoms with Crippen LogP contribution in [0.3, 0.4) is 0 Å². The van der Waals surface area contributed by atoms with Crippen LogP contribution in [0.4, 0.5) is 5.69 Å². The molecule has 0 aromatic heterocycles. The Morgan fingerprint density at radius 2 is 1.53 bits per heavy atom. The number of ether oxygens (including phenoxy) is 1. The van der Waals surface area contributed by atoms with Crippen molar-refractivity contribution in [2.24, 2.45) is 0 Å². The Balaban J connectivity index is 1.23. The molecule has 5 rings (SSSR count). The van der Waals surface area contributed by atoms with Crippen molar-refractivity contribution in [2.45, 2.75) is 25.5 Å². The third-order valence-corrected chi connectivity index (χ3v) is 6.37. The zero-order valence-electron chi connectivity index (χ0n) is 19.5. The molecule has 1 unspecified atom stereocenters. The van der Waals surface area contributed by atoms with E-state index in [0.29, 0.717) is 41.1 Å². The molecule has 1 fully saturated rings. The lowest BCUT2D eigenvalue weighted by Gasteiger charge is -2.15. The normalized spacial score (nSPS) is 16.7. The van der Waals surface area contributed by atoms with Gasteiger partial charge in [0.05, 0.1) is 35.0 Å². The van der Waals surface area contributed by atoms with Gasteiger partial charge in [-0.15, -0.1) is 0 Å². The van der Waals surface area contributed by atoms with Crippen LogP contribution < -0.4 is 10.6 Å². The van der Waals surface area contributed by atoms with Crippen molar-refractivity contribution in [3.63, 3.8) is 0 Å². The molecular weight excluding hydrogens is 458 g/mol. The molecule has 0 spiro atoms. The maximum absolute atomic E-state index is 12.9. The van der Waals surface area contributed by atoms with Gasteiger partial charge in [-0.25, -0.2) is 0 Å². The third kappa shape index (κ3) is 4.76. The van der Waals surface area contributed by atoms with Gasteiger partial charge >= 0.3 is 0 Å². The summed E-state index contributed by atoms with van der Waals surface area (Å²) in [6, 6.07) is 20.2. The van der Waals surface area contributed by atoms with Gasteiger partial charge in [-0.1, -0.05) is 36.4 Å². The molecule has 182 valence electrons. The van der Waals surface area contributed by atoms with E-state index in [4.69, 9.17) is 4.74 Å². The smallest absolute Gasteiger partial charge is 0.261 e. The summed E-state index contributed by atoms with van der Waals surface area (Å²) in [5.74, 6) is -1.31. The summed E-state index contributed by atoms with van der Waals surface area (Å²) in [4.78, 5) is 52.0. The molecule has 1 saturated heterocycles. The average Bonchev–Trinajstić information content (AvgIpc) is 3.51. The van der Waals surface area contributed by atoms with E-state index in [0.717, 1.165) is 18.4 Å². The van der Waals surface area contributed by atoms with Gasteiger partial charge in [0.15, 0.2) is 0 Å². The molecule has 2 N–H and O–H groups in total. The number of rotatable bonds is 7. The zero-order valence-corrected chi connectivity index (χ0v) is 19.5. The summed E-state index contributed by atoms with van der Waals surface area (Å²) in [6.07, 6.45) is 1.93. The number of para-hydroxylation sites is 1. The van der Waals surface area contributed by atoms with Gasteiger partial charge in [-0.2, -0.15) is 0 Å². The highest BCUT2D eigenvalue weighted by atomic mass is 16.5. The van der Waals surface area contributed by atoms with Gasteiger partial charge < -0.3 is 15.4 Å². The highest BCUT2D eigenvalue weighted by Gasteiger charge is 2.34. The maximum Gasteiger partial charge on any atom is 0.261 e. The fourth-order valence-electron chi connectivity index (χ4n) is 4.42. The second-order valence-electron chi connectivity index (χ2n) is 8.78. The number of amides is 4. The van der Waals surface area contributed by atoms with Gasteiger partial charge in [0, 0.05) is 18.7 Å². The number of fused-ring (bicyclic) bond motifs is 1. The van der Waals surface area contributed by atoms with Crippen LogP contribution in [-0.2, 0) is 11.3 Å². The second kappa shape index (κ2) is 10.1. The molecule has 1 atom stereocenters. The number of hydrogen-bond acceptors (Lipinski definition) is 5. The SMILES string of the molecule is O=C(Nc1ccccc1C(=O)NCC1CCCO1)c1ccc(CN2C(=O)c3ccccc3C2=O)cc1. The van der Waals surface area contributed by atoms with Crippen LogP contribution in [0.1, 0.15) is 59.8 Å². The van der Waals surface area contributed by atoms with E-state index in [-0.39, 0.29) is 36.3 Å². The minimum atomic E-state index is -0.373.